The van der Waals surface area contributed by atoms with E-state index in [0.717, 1.165) is 24.1 Å². The first-order chi connectivity index (χ1) is 7.79. The van der Waals surface area contributed by atoms with Crippen LogP contribution < -0.4 is 11.1 Å². The van der Waals surface area contributed by atoms with E-state index in [1.54, 1.807) is 0 Å². The van der Waals surface area contributed by atoms with Gasteiger partial charge >= 0.3 is 0 Å². The van der Waals surface area contributed by atoms with Crippen molar-refractivity contribution in [2.24, 2.45) is 5.73 Å². The normalized spacial score (nSPS) is 19.7. The Hall–Kier alpha value is -1.39. The van der Waals surface area contributed by atoms with E-state index in [1.807, 2.05) is 24.3 Å². The fraction of sp³-hybridized carbons (Fsp3) is 0.417. The average Bonchev–Trinajstić information content (AvgIpc) is 2.83. The van der Waals surface area contributed by atoms with Gasteiger partial charge in [0.1, 0.15) is 6.10 Å². The fourth-order valence-corrected chi connectivity index (χ4v) is 1.78. The smallest absolute Gasteiger partial charge is 0.253 e. The first kappa shape index (κ1) is 11.1. The molecule has 1 heterocycles. The summed E-state index contributed by atoms with van der Waals surface area (Å²) >= 11 is 0. The van der Waals surface area contributed by atoms with E-state index in [-0.39, 0.29) is 12.0 Å². The second kappa shape index (κ2) is 5.09. The highest BCUT2D eigenvalue weighted by Gasteiger charge is 2.23. The predicted molar refractivity (Wildman–Crippen MR) is 61.9 cm³/mol. The van der Waals surface area contributed by atoms with Crippen molar-refractivity contribution in [2.45, 2.75) is 25.5 Å². The van der Waals surface area contributed by atoms with Crippen LogP contribution in [0.15, 0.2) is 24.3 Å². The third-order valence-corrected chi connectivity index (χ3v) is 2.65. The summed E-state index contributed by atoms with van der Waals surface area (Å²) in [5, 5.41) is 2.84. The number of rotatable bonds is 3. The second-order valence-corrected chi connectivity index (χ2v) is 3.90. The monoisotopic (exact) mass is 220 g/mol. The maximum atomic E-state index is 11.7. The second-order valence-electron chi connectivity index (χ2n) is 3.90. The van der Waals surface area contributed by atoms with Gasteiger partial charge in [0.2, 0.25) is 0 Å². The molecule has 1 aliphatic heterocycles. The Morgan fingerprint density at radius 1 is 1.56 bits per heavy atom. The zero-order chi connectivity index (χ0) is 11.4. The van der Waals surface area contributed by atoms with Crippen LogP contribution in [-0.2, 0) is 16.1 Å². The fourth-order valence-electron chi connectivity index (χ4n) is 1.78. The lowest BCUT2D eigenvalue weighted by Gasteiger charge is -2.10. The third kappa shape index (κ3) is 2.59. The van der Waals surface area contributed by atoms with Crippen LogP contribution in [0.25, 0.3) is 0 Å². The molecule has 0 spiro atoms. The minimum absolute atomic E-state index is 0.0633. The van der Waals surface area contributed by atoms with Crippen LogP contribution in [0, 0.1) is 0 Å². The summed E-state index contributed by atoms with van der Waals surface area (Å²) in [5.41, 5.74) is 7.32. The molecule has 1 unspecified atom stereocenters. The van der Waals surface area contributed by atoms with Crippen molar-refractivity contribution >= 4 is 11.6 Å². The zero-order valence-corrected chi connectivity index (χ0v) is 9.11. The Kier molecular flexibility index (Phi) is 3.54. The van der Waals surface area contributed by atoms with Gasteiger partial charge in [0.05, 0.1) is 0 Å². The van der Waals surface area contributed by atoms with E-state index >= 15 is 0 Å². The Bertz CT molecular complexity index is 373. The Balaban J connectivity index is 1.99. The summed E-state index contributed by atoms with van der Waals surface area (Å²) in [6, 6.07) is 7.55. The van der Waals surface area contributed by atoms with Crippen molar-refractivity contribution in [3.63, 3.8) is 0 Å². The van der Waals surface area contributed by atoms with Crippen molar-refractivity contribution in [1.82, 2.24) is 0 Å². The van der Waals surface area contributed by atoms with Crippen LogP contribution in [0.1, 0.15) is 18.4 Å². The highest BCUT2D eigenvalue weighted by Crippen LogP contribution is 2.16. The van der Waals surface area contributed by atoms with Crippen LogP contribution in [-0.4, -0.2) is 18.6 Å². The van der Waals surface area contributed by atoms with E-state index in [4.69, 9.17) is 10.5 Å². The summed E-state index contributed by atoms with van der Waals surface area (Å²) < 4.78 is 5.31. The van der Waals surface area contributed by atoms with Crippen LogP contribution >= 0.6 is 0 Å². The van der Waals surface area contributed by atoms with E-state index in [2.05, 4.69) is 5.32 Å². The number of hydrogen-bond donors (Lipinski definition) is 2. The molecule has 1 aliphatic rings. The van der Waals surface area contributed by atoms with E-state index in [9.17, 15) is 4.79 Å². The molecule has 16 heavy (non-hydrogen) atoms. The standard InChI is InChI=1S/C12H16N2O2/c13-8-9-3-1-4-10(7-9)14-12(15)11-5-2-6-16-11/h1,3-4,7,11H,2,5-6,8,13H2,(H,14,15). The maximum absolute atomic E-state index is 11.7. The van der Waals surface area contributed by atoms with Crippen molar-refractivity contribution in [3.8, 4) is 0 Å². The summed E-state index contributed by atoms with van der Waals surface area (Å²) in [4.78, 5) is 11.7. The maximum Gasteiger partial charge on any atom is 0.253 e. The largest absolute Gasteiger partial charge is 0.368 e. The predicted octanol–water partition coefficient (Wildman–Crippen LogP) is 1.26. The summed E-state index contributed by atoms with van der Waals surface area (Å²) in [6.45, 7) is 1.16. The van der Waals surface area contributed by atoms with Gasteiger partial charge < -0.3 is 15.8 Å². The zero-order valence-electron chi connectivity index (χ0n) is 9.11. The molecule has 0 radical (unpaired) electrons. The van der Waals surface area contributed by atoms with Crippen molar-refractivity contribution in [2.75, 3.05) is 11.9 Å². The van der Waals surface area contributed by atoms with Gasteiger partial charge in [-0.1, -0.05) is 12.1 Å². The van der Waals surface area contributed by atoms with Gasteiger partial charge in [-0.15, -0.1) is 0 Å². The summed E-state index contributed by atoms with van der Waals surface area (Å²) in [5.74, 6) is -0.0633. The van der Waals surface area contributed by atoms with Gasteiger partial charge in [-0.05, 0) is 30.5 Å². The van der Waals surface area contributed by atoms with Crippen LogP contribution in [0.4, 0.5) is 5.69 Å². The number of carbonyl (C=O) groups excluding carboxylic acids is 1. The molecule has 3 N–H and O–H groups in total. The highest BCUT2D eigenvalue weighted by molar-refractivity contribution is 5.94. The van der Waals surface area contributed by atoms with Crippen molar-refractivity contribution in [3.05, 3.63) is 29.8 Å². The number of hydrogen-bond acceptors (Lipinski definition) is 3. The minimum atomic E-state index is -0.290. The number of carbonyl (C=O) groups is 1. The molecule has 1 saturated heterocycles. The molecule has 0 aromatic heterocycles. The van der Waals surface area contributed by atoms with E-state index in [1.165, 1.54) is 0 Å². The van der Waals surface area contributed by atoms with Crippen LogP contribution in [0.5, 0.6) is 0 Å². The van der Waals surface area contributed by atoms with Gasteiger partial charge in [0.25, 0.3) is 5.91 Å². The van der Waals surface area contributed by atoms with E-state index < -0.39 is 0 Å². The lowest BCUT2D eigenvalue weighted by molar-refractivity contribution is -0.124. The van der Waals surface area contributed by atoms with Gasteiger partial charge in [-0.25, -0.2) is 0 Å². The van der Waals surface area contributed by atoms with Gasteiger partial charge in [-0.3, -0.25) is 4.79 Å². The summed E-state index contributed by atoms with van der Waals surface area (Å²) in [6.07, 6.45) is 1.48. The number of anilines is 1. The highest BCUT2D eigenvalue weighted by atomic mass is 16.5. The topological polar surface area (TPSA) is 64.3 Å². The molecule has 1 aromatic rings. The molecule has 1 aromatic carbocycles. The van der Waals surface area contributed by atoms with Crippen molar-refractivity contribution in [1.29, 1.82) is 0 Å². The minimum Gasteiger partial charge on any atom is -0.368 e. The lowest BCUT2D eigenvalue weighted by Crippen LogP contribution is -2.26. The first-order valence-corrected chi connectivity index (χ1v) is 5.51. The number of benzene rings is 1. The molecule has 4 heteroatoms. The lowest BCUT2D eigenvalue weighted by atomic mass is 10.2. The van der Waals surface area contributed by atoms with Crippen LogP contribution in [0.2, 0.25) is 0 Å². The molecule has 1 fully saturated rings. The molecule has 86 valence electrons. The number of amides is 1. The molecule has 0 bridgehead atoms. The third-order valence-electron chi connectivity index (χ3n) is 2.65. The van der Waals surface area contributed by atoms with Gasteiger partial charge in [0, 0.05) is 18.8 Å². The molecule has 0 aliphatic carbocycles. The molecule has 0 saturated carbocycles. The molecule has 1 atom stereocenters. The molecular weight excluding hydrogens is 204 g/mol. The average molecular weight is 220 g/mol. The number of ether oxygens (including phenoxy) is 1. The van der Waals surface area contributed by atoms with Gasteiger partial charge in [-0.2, -0.15) is 0 Å². The van der Waals surface area contributed by atoms with Crippen molar-refractivity contribution < 1.29 is 9.53 Å². The first-order valence-electron chi connectivity index (χ1n) is 5.51. The molecule has 2 rings (SSSR count). The Morgan fingerprint density at radius 2 is 2.44 bits per heavy atom. The van der Waals surface area contributed by atoms with E-state index in [0.29, 0.717) is 13.2 Å². The van der Waals surface area contributed by atoms with Crippen LogP contribution in [0.3, 0.4) is 0 Å². The Morgan fingerprint density at radius 3 is 3.12 bits per heavy atom. The summed E-state index contributed by atoms with van der Waals surface area (Å²) in [7, 11) is 0. The molecule has 1 amide bonds. The molecular formula is C12H16N2O2. The molecule has 4 nitrogen and oxygen atoms in total. The SMILES string of the molecule is NCc1cccc(NC(=O)C2CCCO2)c1. The number of nitrogens with one attached hydrogen (secondary N) is 1. The Labute approximate surface area is 94.8 Å². The number of nitrogens with two attached hydrogens (primary N) is 1. The quantitative estimate of drug-likeness (QED) is 0.806. The van der Waals surface area contributed by atoms with Gasteiger partial charge in [0.15, 0.2) is 0 Å².